The molecule has 1 aliphatic rings. The number of halogens is 2. The molecule has 0 amide bonds. The third-order valence-electron chi connectivity index (χ3n) is 3.63. The predicted molar refractivity (Wildman–Crippen MR) is 73.3 cm³/mol. The van der Waals surface area contributed by atoms with Crippen molar-refractivity contribution in [1.29, 1.82) is 0 Å². The third kappa shape index (κ3) is 2.09. The minimum Gasteiger partial charge on any atom is -0.385 e. The van der Waals surface area contributed by atoms with Crippen molar-refractivity contribution in [2.75, 3.05) is 11.9 Å². The highest BCUT2D eigenvalue weighted by molar-refractivity contribution is 5.71. The van der Waals surface area contributed by atoms with E-state index in [9.17, 15) is 8.78 Å². The molecule has 3 heteroatoms. The quantitative estimate of drug-likeness (QED) is 0.805. The second-order valence-electron chi connectivity index (χ2n) is 4.96. The van der Waals surface area contributed by atoms with Gasteiger partial charge in [-0.2, -0.15) is 0 Å². The molecule has 0 atom stereocenters. The molecule has 2 aromatic rings. The van der Waals surface area contributed by atoms with Crippen molar-refractivity contribution in [3.05, 3.63) is 53.1 Å². The molecule has 0 aliphatic carbocycles. The largest absolute Gasteiger partial charge is 0.385 e. The first kappa shape index (κ1) is 12.2. The maximum absolute atomic E-state index is 14.0. The zero-order valence-corrected chi connectivity index (χ0v) is 10.8. The summed E-state index contributed by atoms with van der Waals surface area (Å²) in [5.74, 6) is -1.53. The SMILES string of the molecule is Cc1ccc(-c2ccc3c(c2)NCCC3)c(F)c1F. The Morgan fingerprint density at radius 1 is 1.05 bits per heavy atom. The van der Waals surface area contributed by atoms with E-state index in [4.69, 9.17) is 0 Å². The highest BCUT2D eigenvalue weighted by Crippen LogP contribution is 2.31. The molecule has 1 aliphatic heterocycles. The Kier molecular flexibility index (Phi) is 2.97. The fourth-order valence-electron chi connectivity index (χ4n) is 2.50. The van der Waals surface area contributed by atoms with E-state index in [1.807, 2.05) is 18.2 Å². The average Bonchev–Trinajstić information content (AvgIpc) is 2.44. The van der Waals surface area contributed by atoms with E-state index in [-0.39, 0.29) is 0 Å². The Hall–Kier alpha value is -1.90. The molecule has 0 radical (unpaired) electrons. The predicted octanol–water partition coefficient (Wildman–Crippen LogP) is 4.30. The van der Waals surface area contributed by atoms with E-state index in [1.54, 1.807) is 19.1 Å². The van der Waals surface area contributed by atoms with Gasteiger partial charge in [-0.1, -0.05) is 24.3 Å². The monoisotopic (exact) mass is 259 g/mol. The van der Waals surface area contributed by atoms with Gasteiger partial charge in [0, 0.05) is 17.8 Å². The Balaban J connectivity index is 2.10. The molecule has 19 heavy (non-hydrogen) atoms. The van der Waals surface area contributed by atoms with Crippen LogP contribution in [0.3, 0.4) is 0 Å². The summed E-state index contributed by atoms with van der Waals surface area (Å²) in [7, 11) is 0. The zero-order chi connectivity index (χ0) is 13.4. The van der Waals surface area contributed by atoms with Crippen LogP contribution >= 0.6 is 0 Å². The van der Waals surface area contributed by atoms with Gasteiger partial charge in [0.1, 0.15) is 0 Å². The number of hydrogen-bond donors (Lipinski definition) is 1. The normalized spacial score (nSPS) is 13.8. The van der Waals surface area contributed by atoms with Gasteiger partial charge >= 0.3 is 0 Å². The van der Waals surface area contributed by atoms with Crippen molar-refractivity contribution in [3.63, 3.8) is 0 Å². The molecule has 0 aromatic heterocycles. The van der Waals surface area contributed by atoms with Crippen molar-refractivity contribution in [1.82, 2.24) is 0 Å². The Morgan fingerprint density at radius 2 is 1.89 bits per heavy atom. The van der Waals surface area contributed by atoms with Gasteiger partial charge in [0.2, 0.25) is 0 Å². The first-order valence-corrected chi connectivity index (χ1v) is 6.48. The van der Waals surface area contributed by atoms with Crippen LogP contribution in [0.4, 0.5) is 14.5 Å². The summed E-state index contributed by atoms with van der Waals surface area (Å²) in [6, 6.07) is 9.01. The lowest BCUT2D eigenvalue weighted by molar-refractivity contribution is 0.505. The Morgan fingerprint density at radius 3 is 2.74 bits per heavy atom. The smallest absolute Gasteiger partial charge is 0.166 e. The molecule has 1 heterocycles. The summed E-state index contributed by atoms with van der Waals surface area (Å²) in [4.78, 5) is 0. The molecule has 0 fully saturated rings. The molecular formula is C16H15F2N. The van der Waals surface area contributed by atoms with Crippen molar-refractivity contribution in [2.45, 2.75) is 19.8 Å². The highest BCUT2D eigenvalue weighted by Gasteiger charge is 2.15. The number of benzene rings is 2. The molecule has 3 rings (SSSR count). The lowest BCUT2D eigenvalue weighted by Crippen LogP contribution is -2.11. The van der Waals surface area contributed by atoms with Crippen LogP contribution in [0.15, 0.2) is 30.3 Å². The van der Waals surface area contributed by atoms with Crippen molar-refractivity contribution in [3.8, 4) is 11.1 Å². The van der Waals surface area contributed by atoms with Crippen LogP contribution in [0.1, 0.15) is 17.5 Å². The second-order valence-corrected chi connectivity index (χ2v) is 4.96. The molecule has 0 unspecified atom stereocenters. The average molecular weight is 259 g/mol. The van der Waals surface area contributed by atoms with Gasteiger partial charge in [0.15, 0.2) is 11.6 Å². The topological polar surface area (TPSA) is 12.0 Å². The van der Waals surface area contributed by atoms with Crippen molar-refractivity contribution in [2.24, 2.45) is 0 Å². The van der Waals surface area contributed by atoms with E-state index < -0.39 is 11.6 Å². The molecule has 0 saturated carbocycles. The minimum absolute atomic E-state index is 0.318. The summed E-state index contributed by atoms with van der Waals surface area (Å²) >= 11 is 0. The van der Waals surface area contributed by atoms with E-state index >= 15 is 0 Å². The summed E-state index contributed by atoms with van der Waals surface area (Å²) in [5.41, 5.74) is 3.63. The molecule has 1 N–H and O–H groups in total. The van der Waals surface area contributed by atoms with Gasteiger partial charge in [0.05, 0.1) is 0 Å². The number of nitrogens with one attached hydrogen (secondary N) is 1. The number of rotatable bonds is 1. The highest BCUT2D eigenvalue weighted by atomic mass is 19.2. The van der Waals surface area contributed by atoms with Gasteiger partial charge in [-0.3, -0.25) is 0 Å². The van der Waals surface area contributed by atoms with Crippen molar-refractivity contribution < 1.29 is 8.78 Å². The standard InChI is InChI=1S/C16H15F2N/c1-10-4-7-13(16(18)15(10)17)12-6-5-11-3-2-8-19-14(11)9-12/h4-7,9,19H,2-3,8H2,1H3. The molecule has 0 saturated heterocycles. The number of hydrogen-bond acceptors (Lipinski definition) is 1. The summed E-state index contributed by atoms with van der Waals surface area (Å²) in [6.45, 7) is 2.50. The van der Waals surface area contributed by atoms with Crippen LogP contribution in [0.2, 0.25) is 0 Å². The summed E-state index contributed by atoms with van der Waals surface area (Å²) in [6.07, 6.45) is 2.15. The first-order valence-electron chi connectivity index (χ1n) is 6.48. The minimum atomic E-state index is -0.768. The molecule has 1 nitrogen and oxygen atoms in total. The molecule has 2 aromatic carbocycles. The maximum atomic E-state index is 14.0. The Labute approximate surface area is 111 Å². The van der Waals surface area contributed by atoms with Crippen LogP contribution < -0.4 is 5.32 Å². The van der Waals surface area contributed by atoms with E-state index in [1.165, 1.54) is 5.56 Å². The number of fused-ring (bicyclic) bond motifs is 1. The van der Waals surface area contributed by atoms with Crippen molar-refractivity contribution >= 4 is 5.69 Å². The molecular weight excluding hydrogens is 244 g/mol. The summed E-state index contributed by atoms with van der Waals surface area (Å²) < 4.78 is 27.6. The van der Waals surface area contributed by atoms with E-state index in [2.05, 4.69) is 5.32 Å². The fraction of sp³-hybridized carbons (Fsp3) is 0.250. The molecule has 98 valence electrons. The van der Waals surface area contributed by atoms with E-state index in [0.29, 0.717) is 16.7 Å². The molecule has 0 bridgehead atoms. The zero-order valence-electron chi connectivity index (χ0n) is 10.8. The van der Waals surface area contributed by atoms with Crippen LogP contribution in [0, 0.1) is 18.6 Å². The van der Waals surface area contributed by atoms with Gasteiger partial charge in [-0.05, 0) is 42.5 Å². The second kappa shape index (κ2) is 4.65. The van der Waals surface area contributed by atoms with Gasteiger partial charge < -0.3 is 5.32 Å². The third-order valence-corrected chi connectivity index (χ3v) is 3.63. The fourth-order valence-corrected chi connectivity index (χ4v) is 2.50. The van der Waals surface area contributed by atoms with Crippen LogP contribution in [-0.2, 0) is 6.42 Å². The van der Waals surface area contributed by atoms with Crippen LogP contribution in [0.5, 0.6) is 0 Å². The number of aryl methyl sites for hydroxylation is 2. The van der Waals surface area contributed by atoms with Gasteiger partial charge in [-0.25, -0.2) is 8.78 Å². The van der Waals surface area contributed by atoms with Gasteiger partial charge in [0.25, 0.3) is 0 Å². The Bertz CT molecular complexity index is 635. The van der Waals surface area contributed by atoms with Crippen LogP contribution in [-0.4, -0.2) is 6.54 Å². The lowest BCUT2D eigenvalue weighted by atomic mass is 9.97. The molecule has 0 spiro atoms. The lowest BCUT2D eigenvalue weighted by Gasteiger charge is -2.19. The maximum Gasteiger partial charge on any atom is 0.166 e. The first-order chi connectivity index (χ1) is 9.16. The van der Waals surface area contributed by atoms with Gasteiger partial charge in [-0.15, -0.1) is 0 Å². The van der Waals surface area contributed by atoms with Crippen LogP contribution in [0.25, 0.3) is 11.1 Å². The van der Waals surface area contributed by atoms with E-state index in [0.717, 1.165) is 25.1 Å². The number of anilines is 1. The summed E-state index contributed by atoms with van der Waals surface area (Å²) in [5, 5.41) is 3.30.